The summed E-state index contributed by atoms with van der Waals surface area (Å²) in [5, 5.41) is 6.74. The van der Waals surface area contributed by atoms with E-state index in [1.54, 1.807) is 14.2 Å². The van der Waals surface area contributed by atoms with Crippen molar-refractivity contribution in [2.24, 2.45) is 4.99 Å². The Bertz CT molecular complexity index is 532. The summed E-state index contributed by atoms with van der Waals surface area (Å²) < 4.78 is 10.6. The van der Waals surface area contributed by atoms with Gasteiger partial charge in [-0.05, 0) is 25.8 Å². The summed E-state index contributed by atoms with van der Waals surface area (Å²) in [5.74, 6) is 1.72. The monoisotopic (exact) mass is 348 g/mol. The zero-order valence-corrected chi connectivity index (χ0v) is 15.8. The SMILES string of the molecule is CCNC(=NCc1ccccc1OC)NCCN(CCOC)C1CC1. The molecule has 1 aliphatic carbocycles. The lowest BCUT2D eigenvalue weighted by Gasteiger charge is -2.22. The molecule has 0 aliphatic heterocycles. The lowest BCUT2D eigenvalue weighted by atomic mass is 10.2. The third-order valence-electron chi connectivity index (χ3n) is 4.28. The molecule has 25 heavy (non-hydrogen) atoms. The highest BCUT2D eigenvalue weighted by atomic mass is 16.5. The lowest BCUT2D eigenvalue weighted by molar-refractivity contribution is 0.144. The maximum atomic E-state index is 5.39. The predicted octanol–water partition coefficient (Wildman–Crippen LogP) is 1.86. The van der Waals surface area contributed by atoms with Gasteiger partial charge in [-0.25, -0.2) is 4.99 Å². The first kappa shape index (κ1) is 19.5. The molecule has 0 saturated heterocycles. The fourth-order valence-corrected chi connectivity index (χ4v) is 2.78. The highest BCUT2D eigenvalue weighted by Crippen LogP contribution is 2.26. The van der Waals surface area contributed by atoms with Crippen LogP contribution in [-0.2, 0) is 11.3 Å². The number of para-hydroxylation sites is 1. The van der Waals surface area contributed by atoms with E-state index in [-0.39, 0.29) is 0 Å². The Kier molecular flexibility index (Phi) is 8.55. The van der Waals surface area contributed by atoms with Crippen molar-refractivity contribution in [1.29, 1.82) is 0 Å². The molecule has 0 spiro atoms. The maximum Gasteiger partial charge on any atom is 0.191 e. The van der Waals surface area contributed by atoms with Gasteiger partial charge in [0.25, 0.3) is 0 Å². The minimum Gasteiger partial charge on any atom is -0.496 e. The average Bonchev–Trinajstić information content (AvgIpc) is 3.47. The molecule has 0 radical (unpaired) electrons. The number of benzene rings is 1. The Labute approximate surface area is 151 Å². The van der Waals surface area contributed by atoms with Crippen molar-refractivity contribution < 1.29 is 9.47 Å². The van der Waals surface area contributed by atoms with Crippen molar-refractivity contribution in [3.63, 3.8) is 0 Å². The van der Waals surface area contributed by atoms with Gasteiger partial charge in [-0.15, -0.1) is 0 Å². The molecular weight excluding hydrogens is 316 g/mol. The molecule has 2 rings (SSSR count). The summed E-state index contributed by atoms with van der Waals surface area (Å²) in [6.45, 7) is 7.18. The standard InChI is InChI=1S/C19H32N4O2/c1-4-20-19(22-15-16-7-5-6-8-18(16)25-3)21-11-12-23(13-14-24-2)17-9-10-17/h5-8,17H,4,9-15H2,1-3H3,(H2,20,21,22). The second kappa shape index (κ2) is 10.9. The van der Waals surface area contributed by atoms with Gasteiger partial charge in [0.2, 0.25) is 0 Å². The number of rotatable bonds is 11. The lowest BCUT2D eigenvalue weighted by Crippen LogP contribution is -2.42. The van der Waals surface area contributed by atoms with Gasteiger partial charge in [-0.1, -0.05) is 18.2 Å². The summed E-state index contributed by atoms with van der Waals surface area (Å²) in [5.41, 5.74) is 1.09. The van der Waals surface area contributed by atoms with Crippen molar-refractivity contribution in [2.45, 2.75) is 32.4 Å². The first-order valence-corrected chi connectivity index (χ1v) is 9.15. The van der Waals surface area contributed by atoms with Crippen LogP contribution in [0.4, 0.5) is 0 Å². The average molecular weight is 348 g/mol. The number of hydrogen-bond acceptors (Lipinski definition) is 4. The zero-order valence-electron chi connectivity index (χ0n) is 15.8. The third-order valence-corrected chi connectivity index (χ3v) is 4.28. The van der Waals surface area contributed by atoms with Gasteiger partial charge < -0.3 is 20.1 Å². The van der Waals surface area contributed by atoms with E-state index in [1.807, 2.05) is 24.3 Å². The fourth-order valence-electron chi connectivity index (χ4n) is 2.78. The van der Waals surface area contributed by atoms with Crippen LogP contribution in [0.2, 0.25) is 0 Å². The number of aliphatic imine (C=N–C) groups is 1. The first-order chi connectivity index (χ1) is 12.3. The van der Waals surface area contributed by atoms with Gasteiger partial charge in [0.05, 0.1) is 20.3 Å². The van der Waals surface area contributed by atoms with Crippen LogP contribution in [-0.4, -0.2) is 63.9 Å². The van der Waals surface area contributed by atoms with E-state index in [4.69, 9.17) is 9.47 Å². The Balaban J connectivity index is 1.84. The smallest absolute Gasteiger partial charge is 0.191 e. The van der Waals surface area contributed by atoms with Gasteiger partial charge in [0.1, 0.15) is 5.75 Å². The Morgan fingerprint density at radius 2 is 2.00 bits per heavy atom. The Morgan fingerprint density at radius 3 is 2.68 bits per heavy atom. The molecule has 1 aliphatic rings. The van der Waals surface area contributed by atoms with Crippen molar-refractivity contribution in [1.82, 2.24) is 15.5 Å². The molecule has 2 N–H and O–H groups in total. The maximum absolute atomic E-state index is 5.39. The van der Waals surface area contributed by atoms with E-state index in [0.29, 0.717) is 6.54 Å². The van der Waals surface area contributed by atoms with Crippen molar-refractivity contribution in [3.8, 4) is 5.75 Å². The predicted molar refractivity (Wildman–Crippen MR) is 102 cm³/mol. The molecule has 140 valence electrons. The van der Waals surface area contributed by atoms with Gasteiger partial charge in [-0.2, -0.15) is 0 Å². The molecule has 0 unspecified atom stereocenters. The summed E-state index contributed by atoms with van der Waals surface area (Å²) in [4.78, 5) is 7.18. The number of nitrogens with zero attached hydrogens (tertiary/aromatic N) is 2. The molecule has 1 fully saturated rings. The van der Waals surface area contributed by atoms with Crippen LogP contribution in [0, 0.1) is 0 Å². The molecule has 0 bridgehead atoms. The van der Waals surface area contributed by atoms with Gasteiger partial charge >= 0.3 is 0 Å². The second-order valence-electron chi connectivity index (χ2n) is 6.19. The van der Waals surface area contributed by atoms with Crippen LogP contribution in [0.3, 0.4) is 0 Å². The minimum absolute atomic E-state index is 0.593. The zero-order chi connectivity index (χ0) is 17.9. The van der Waals surface area contributed by atoms with E-state index in [9.17, 15) is 0 Å². The Morgan fingerprint density at radius 1 is 1.20 bits per heavy atom. The highest BCUT2D eigenvalue weighted by Gasteiger charge is 2.28. The molecule has 0 heterocycles. The molecule has 1 aromatic rings. The van der Waals surface area contributed by atoms with Gasteiger partial charge in [-0.3, -0.25) is 4.90 Å². The Hall–Kier alpha value is -1.79. The van der Waals surface area contributed by atoms with Crippen LogP contribution in [0.1, 0.15) is 25.3 Å². The van der Waals surface area contributed by atoms with Crippen LogP contribution in [0.5, 0.6) is 5.75 Å². The van der Waals surface area contributed by atoms with Crippen molar-refractivity contribution in [3.05, 3.63) is 29.8 Å². The quantitative estimate of drug-likeness (QED) is 0.472. The largest absolute Gasteiger partial charge is 0.496 e. The number of guanidine groups is 1. The van der Waals surface area contributed by atoms with E-state index in [0.717, 1.165) is 56.1 Å². The first-order valence-electron chi connectivity index (χ1n) is 9.15. The number of nitrogens with one attached hydrogen (secondary N) is 2. The topological polar surface area (TPSA) is 58.1 Å². The van der Waals surface area contributed by atoms with Crippen molar-refractivity contribution >= 4 is 5.96 Å². The molecule has 1 aromatic carbocycles. The number of methoxy groups -OCH3 is 2. The van der Waals surface area contributed by atoms with E-state index < -0.39 is 0 Å². The third kappa shape index (κ3) is 6.92. The summed E-state index contributed by atoms with van der Waals surface area (Å²) >= 11 is 0. The second-order valence-corrected chi connectivity index (χ2v) is 6.19. The summed E-state index contributed by atoms with van der Waals surface area (Å²) in [6.07, 6.45) is 2.62. The molecule has 0 aromatic heterocycles. The van der Waals surface area contributed by atoms with Crippen LogP contribution >= 0.6 is 0 Å². The molecule has 6 nitrogen and oxygen atoms in total. The summed E-state index contributed by atoms with van der Waals surface area (Å²) in [6, 6.07) is 8.74. The number of hydrogen-bond donors (Lipinski definition) is 2. The van der Waals surface area contributed by atoms with Gasteiger partial charge in [0, 0.05) is 44.9 Å². The normalized spacial score (nSPS) is 14.6. The molecule has 0 amide bonds. The van der Waals surface area contributed by atoms with Gasteiger partial charge in [0.15, 0.2) is 5.96 Å². The van der Waals surface area contributed by atoms with Crippen LogP contribution in [0.15, 0.2) is 29.3 Å². The highest BCUT2D eigenvalue weighted by molar-refractivity contribution is 5.79. The number of ether oxygens (including phenoxy) is 2. The van der Waals surface area contributed by atoms with Crippen LogP contribution in [0.25, 0.3) is 0 Å². The van der Waals surface area contributed by atoms with Crippen molar-refractivity contribution in [2.75, 3.05) is 47.0 Å². The van der Waals surface area contributed by atoms with Crippen LogP contribution < -0.4 is 15.4 Å². The van der Waals surface area contributed by atoms with E-state index in [2.05, 4.69) is 27.4 Å². The molecule has 1 saturated carbocycles. The minimum atomic E-state index is 0.593. The van der Waals surface area contributed by atoms with E-state index >= 15 is 0 Å². The molecule has 0 atom stereocenters. The summed E-state index contributed by atoms with van der Waals surface area (Å²) in [7, 11) is 3.45. The fraction of sp³-hybridized carbons (Fsp3) is 0.632. The molecule has 6 heteroatoms. The van der Waals surface area contributed by atoms with E-state index in [1.165, 1.54) is 12.8 Å². The molecular formula is C19H32N4O2.